The van der Waals surface area contributed by atoms with E-state index in [1.165, 1.54) is 10.2 Å². The van der Waals surface area contributed by atoms with Gasteiger partial charge in [-0.25, -0.2) is 13.9 Å². The van der Waals surface area contributed by atoms with Gasteiger partial charge in [0, 0.05) is 18.0 Å². The molecule has 1 heterocycles. The van der Waals surface area contributed by atoms with Crippen LogP contribution in [0.5, 0.6) is 5.75 Å². The summed E-state index contributed by atoms with van der Waals surface area (Å²) in [7, 11) is 1.55. The van der Waals surface area contributed by atoms with Crippen molar-refractivity contribution in [2.24, 2.45) is 4.99 Å². The summed E-state index contributed by atoms with van der Waals surface area (Å²) in [4.78, 5) is 8.86. The van der Waals surface area contributed by atoms with Gasteiger partial charge in [0.15, 0.2) is 18.2 Å². The molecule has 0 aliphatic rings. The Kier molecular flexibility index (Phi) is 5.17. The van der Waals surface area contributed by atoms with E-state index in [-0.39, 0.29) is 12.3 Å². The zero-order valence-electron chi connectivity index (χ0n) is 12.7. The van der Waals surface area contributed by atoms with Crippen LogP contribution in [0.25, 0.3) is 0 Å². The van der Waals surface area contributed by atoms with Crippen LogP contribution >= 0.6 is 23.9 Å². The van der Waals surface area contributed by atoms with Gasteiger partial charge >= 0.3 is 0 Å². The molecular weight excluding hydrogens is 349 g/mol. The molecule has 0 aliphatic heterocycles. The highest BCUT2D eigenvalue weighted by Crippen LogP contribution is 2.29. The highest BCUT2D eigenvalue weighted by Gasteiger charge is 2.14. The van der Waals surface area contributed by atoms with Crippen molar-refractivity contribution in [1.29, 1.82) is 0 Å². The number of aliphatic imine (C=N–C) groups is 1. The molecule has 0 N–H and O–H groups in total. The molecule has 3 rings (SSSR count). The summed E-state index contributed by atoms with van der Waals surface area (Å²) >= 11 is 6.24. The van der Waals surface area contributed by atoms with E-state index in [4.69, 9.17) is 16.3 Å². The molecule has 0 saturated heterocycles. The second kappa shape index (κ2) is 7.51. The summed E-state index contributed by atoms with van der Waals surface area (Å²) in [6, 6.07) is 14.7. The average Bonchev–Trinajstić information content (AvgIpc) is 3.09. The largest absolute Gasteiger partial charge is 0.495 e. The number of rotatable bonds is 5. The Morgan fingerprint density at radius 1 is 1.25 bits per heavy atom. The molecule has 7 heteroatoms. The van der Waals surface area contributed by atoms with Crippen LogP contribution in [0.3, 0.4) is 0 Å². The molecule has 0 spiro atoms. The predicted molar refractivity (Wildman–Crippen MR) is 96.1 cm³/mol. The highest BCUT2D eigenvalue weighted by molar-refractivity contribution is 7.92. The molecule has 0 saturated carbocycles. The lowest BCUT2D eigenvalue weighted by molar-refractivity contribution is 0.415. The van der Waals surface area contributed by atoms with Gasteiger partial charge in [0.25, 0.3) is 0 Å². The molecule has 0 fully saturated rings. The number of methoxy groups -OCH3 is 1. The number of aromatic nitrogens is 2. The number of benzene rings is 2. The van der Waals surface area contributed by atoms with E-state index in [0.717, 1.165) is 5.56 Å². The molecule has 2 aromatic carbocycles. The third kappa shape index (κ3) is 3.44. The third-order valence-electron chi connectivity index (χ3n) is 3.32. The lowest BCUT2D eigenvalue weighted by Gasteiger charge is -2.08. The lowest BCUT2D eigenvalue weighted by atomic mass is 10.1. The number of nitrogens with zero attached hydrogens (tertiary/aromatic N) is 3. The molecule has 122 valence electrons. The summed E-state index contributed by atoms with van der Waals surface area (Å²) in [6.07, 6.45) is 3.07. The van der Waals surface area contributed by atoms with E-state index in [1.807, 2.05) is 30.3 Å². The van der Waals surface area contributed by atoms with Crippen LogP contribution in [0.2, 0.25) is 5.02 Å². The normalized spacial score (nSPS) is 11.5. The summed E-state index contributed by atoms with van der Waals surface area (Å²) in [5, 5.41) is 0.453. The van der Waals surface area contributed by atoms with Gasteiger partial charge in [-0.05, 0) is 18.2 Å². The second-order valence-corrected chi connectivity index (χ2v) is 5.73. The van der Waals surface area contributed by atoms with Crippen molar-refractivity contribution in [2.75, 3.05) is 7.11 Å². The topological polar surface area (TPSA) is 39.4 Å². The van der Waals surface area contributed by atoms with Crippen LogP contribution < -0.4 is 4.74 Å². The molecule has 0 amide bonds. The van der Waals surface area contributed by atoms with Crippen LogP contribution in [-0.4, -0.2) is 21.8 Å². The van der Waals surface area contributed by atoms with Crippen molar-refractivity contribution in [3.63, 3.8) is 0 Å². The quantitative estimate of drug-likeness (QED) is 0.594. The second-order valence-electron chi connectivity index (χ2n) is 4.79. The van der Waals surface area contributed by atoms with E-state index in [1.54, 1.807) is 31.5 Å². The molecule has 0 unspecified atom stereocenters. The Balaban J connectivity index is 2.13. The zero-order valence-corrected chi connectivity index (χ0v) is 14.3. The van der Waals surface area contributed by atoms with Crippen molar-refractivity contribution in [3.05, 3.63) is 77.3 Å². The molecule has 24 heavy (non-hydrogen) atoms. The van der Waals surface area contributed by atoms with Crippen molar-refractivity contribution in [3.8, 4) is 5.75 Å². The summed E-state index contributed by atoms with van der Waals surface area (Å²) in [5.74, 6) is 0.985. The van der Waals surface area contributed by atoms with Crippen LogP contribution in [0, 0.1) is 0 Å². The minimum absolute atomic E-state index is 0.0721. The molecule has 3 aromatic rings. The molecule has 0 bridgehead atoms. The Morgan fingerprint density at radius 3 is 2.71 bits per heavy atom. The molecule has 0 aliphatic carbocycles. The van der Waals surface area contributed by atoms with E-state index in [2.05, 4.69) is 9.98 Å². The van der Waals surface area contributed by atoms with Crippen molar-refractivity contribution in [2.45, 2.75) is 0 Å². The Bertz CT molecular complexity index is 867. The average molecular weight is 362 g/mol. The van der Waals surface area contributed by atoms with Gasteiger partial charge in [0.05, 0.1) is 17.8 Å². The number of imidazole rings is 1. The van der Waals surface area contributed by atoms with Crippen molar-refractivity contribution < 1.29 is 8.62 Å². The van der Waals surface area contributed by atoms with Gasteiger partial charge in [-0.3, -0.25) is 0 Å². The maximum Gasteiger partial charge on any atom is 0.171 e. The van der Waals surface area contributed by atoms with Crippen LogP contribution in [0.4, 0.5) is 9.57 Å². The van der Waals surface area contributed by atoms with Gasteiger partial charge in [-0.1, -0.05) is 41.9 Å². The molecule has 0 atom stereocenters. The molecule has 0 radical (unpaired) electrons. The first-order chi connectivity index (χ1) is 11.7. The van der Waals surface area contributed by atoms with Gasteiger partial charge < -0.3 is 4.74 Å². The van der Waals surface area contributed by atoms with Crippen molar-refractivity contribution in [1.82, 2.24) is 8.96 Å². The molecular formula is C17H13ClFN3OS. The van der Waals surface area contributed by atoms with E-state index in [9.17, 15) is 3.89 Å². The smallest absolute Gasteiger partial charge is 0.171 e. The van der Waals surface area contributed by atoms with E-state index >= 15 is 0 Å². The summed E-state index contributed by atoms with van der Waals surface area (Å²) in [5.41, 5.74) is 2.00. The number of hydrogen-bond acceptors (Lipinski definition) is 4. The van der Waals surface area contributed by atoms with Gasteiger partial charge in [0.1, 0.15) is 11.5 Å². The van der Waals surface area contributed by atoms with Gasteiger partial charge in [0.2, 0.25) is 0 Å². The summed E-state index contributed by atoms with van der Waals surface area (Å²) in [6.45, 7) is 0. The minimum atomic E-state index is 0.0721. The highest BCUT2D eigenvalue weighted by atomic mass is 35.5. The number of halogens is 2. The van der Waals surface area contributed by atoms with E-state index in [0.29, 0.717) is 28.0 Å². The fourth-order valence-electron chi connectivity index (χ4n) is 2.21. The van der Waals surface area contributed by atoms with Crippen LogP contribution in [0.15, 0.2) is 65.9 Å². The number of hydrogen-bond donors (Lipinski definition) is 0. The van der Waals surface area contributed by atoms with E-state index < -0.39 is 0 Å². The van der Waals surface area contributed by atoms with Crippen molar-refractivity contribution >= 4 is 35.3 Å². The van der Waals surface area contributed by atoms with Gasteiger partial charge in [-0.15, -0.1) is 3.89 Å². The molecule has 1 aromatic heterocycles. The monoisotopic (exact) mass is 361 g/mol. The fourth-order valence-corrected chi connectivity index (χ4v) is 2.76. The zero-order chi connectivity index (χ0) is 16.9. The molecule has 4 nitrogen and oxygen atoms in total. The minimum Gasteiger partial charge on any atom is -0.495 e. The summed E-state index contributed by atoms with van der Waals surface area (Å²) < 4.78 is 19.6. The fraction of sp³-hybridized carbons (Fsp3) is 0.0588. The Hall–Kier alpha value is -2.31. The number of ether oxygens (including phenoxy) is 1. The third-order valence-corrected chi connectivity index (χ3v) is 4.06. The van der Waals surface area contributed by atoms with Crippen LogP contribution in [0.1, 0.15) is 11.4 Å². The SMILES string of the molecule is COc1ccc(N=C(c2ccccc2)c2nccn2SF)cc1Cl. The van der Waals surface area contributed by atoms with Gasteiger partial charge in [-0.2, -0.15) is 0 Å². The maximum absolute atomic E-state index is 13.1. The first-order valence-electron chi connectivity index (χ1n) is 7.03. The standard InChI is InChI=1S/C17H13ClFN3OS/c1-23-15-8-7-13(11-14(15)18)21-16(12-5-3-2-4-6-12)17-20-9-10-22(17)24-19/h2-11H,1H3. The Morgan fingerprint density at radius 2 is 2.04 bits per heavy atom. The van der Waals surface area contributed by atoms with Crippen LogP contribution in [-0.2, 0) is 0 Å². The first-order valence-corrected chi connectivity index (χ1v) is 8.08. The lowest BCUT2D eigenvalue weighted by Crippen LogP contribution is -2.08. The first kappa shape index (κ1) is 16.5. The maximum atomic E-state index is 13.1. The Labute approximate surface area is 148 Å². The predicted octanol–water partition coefficient (Wildman–Crippen LogP) is 5.10.